The smallest absolute Gasteiger partial charge is 0.321 e. The third kappa shape index (κ3) is 4.77. The van der Waals surface area contributed by atoms with Gasteiger partial charge in [0.15, 0.2) is 0 Å². The summed E-state index contributed by atoms with van der Waals surface area (Å²) in [5.41, 5.74) is 2.31. The topological polar surface area (TPSA) is 100 Å². The summed E-state index contributed by atoms with van der Waals surface area (Å²) < 4.78 is 5.26. The molecule has 0 aliphatic carbocycles. The monoisotopic (exact) mass is 425 g/mol. The summed E-state index contributed by atoms with van der Waals surface area (Å²) in [5, 5.41) is 10.2. The molecule has 0 spiro atoms. The predicted molar refractivity (Wildman–Crippen MR) is 113 cm³/mol. The van der Waals surface area contributed by atoms with Crippen LogP contribution < -0.4 is 15.5 Å². The number of amides is 3. The molecule has 0 bridgehead atoms. The quantitative estimate of drug-likeness (QED) is 0.598. The molecule has 3 aromatic rings. The highest BCUT2D eigenvalue weighted by Gasteiger charge is 2.20. The Morgan fingerprint density at radius 2 is 1.93 bits per heavy atom. The van der Waals surface area contributed by atoms with Crippen LogP contribution in [0.3, 0.4) is 0 Å². The Hall–Kier alpha value is -3.39. The third-order valence-corrected chi connectivity index (χ3v) is 4.94. The van der Waals surface area contributed by atoms with Gasteiger partial charge in [-0.2, -0.15) is 4.98 Å². The molecule has 9 heteroatoms. The fourth-order valence-corrected chi connectivity index (χ4v) is 3.26. The number of nitrogens with zero attached hydrogens (tertiary/aromatic N) is 3. The Labute approximate surface area is 178 Å². The van der Waals surface area contributed by atoms with Crippen LogP contribution in [0.15, 0.2) is 53.1 Å². The molecule has 8 nitrogen and oxygen atoms in total. The molecule has 1 saturated heterocycles. The zero-order chi connectivity index (χ0) is 20.9. The lowest BCUT2D eigenvalue weighted by atomic mass is 10.2. The summed E-state index contributed by atoms with van der Waals surface area (Å²) >= 11 is 5.88. The van der Waals surface area contributed by atoms with Gasteiger partial charge in [0.1, 0.15) is 0 Å². The van der Waals surface area contributed by atoms with Gasteiger partial charge in [0.25, 0.3) is 0 Å². The molecule has 30 heavy (non-hydrogen) atoms. The fourth-order valence-electron chi connectivity index (χ4n) is 3.14. The molecule has 0 radical (unpaired) electrons. The SMILES string of the molecule is O=C(CCCc1nc(-c2ccc(Cl)cc2)no1)Nc1ccc(N2CCNC2=O)cc1. The lowest BCUT2D eigenvalue weighted by Crippen LogP contribution is -2.27. The third-order valence-electron chi connectivity index (χ3n) is 4.68. The molecular weight excluding hydrogens is 406 g/mol. The van der Waals surface area contributed by atoms with Crippen molar-refractivity contribution in [3.63, 3.8) is 0 Å². The van der Waals surface area contributed by atoms with Gasteiger partial charge in [-0.25, -0.2) is 4.79 Å². The summed E-state index contributed by atoms with van der Waals surface area (Å²) in [5.74, 6) is 0.887. The first-order valence-corrected chi connectivity index (χ1v) is 10.00. The number of urea groups is 1. The molecule has 4 rings (SSSR count). The van der Waals surface area contributed by atoms with Gasteiger partial charge < -0.3 is 15.2 Å². The van der Waals surface area contributed by atoms with Crippen molar-refractivity contribution in [3.8, 4) is 11.4 Å². The summed E-state index contributed by atoms with van der Waals surface area (Å²) in [6.45, 7) is 1.28. The van der Waals surface area contributed by atoms with E-state index in [1.54, 1.807) is 29.2 Å². The van der Waals surface area contributed by atoms with Crippen molar-refractivity contribution in [2.75, 3.05) is 23.3 Å². The van der Waals surface area contributed by atoms with Crippen LogP contribution in [0.4, 0.5) is 16.2 Å². The number of aromatic nitrogens is 2. The van der Waals surface area contributed by atoms with E-state index in [-0.39, 0.29) is 11.9 Å². The Kier molecular flexibility index (Phi) is 5.94. The Morgan fingerprint density at radius 1 is 1.17 bits per heavy atom. The van der Waals surface area contributed by atoms with E-state index in [2.05, 4.69) is 20.8 Å². The van der Waals surface area contributed by atoms with E-state index in [0.717, 1.165) is 11.3 Å². The molecule has 1 aliphatic rings. The van der Waals surface area contributed by atoms with Crippen LogP contribution in [-0.4, -0.2) is 35.2 Å². The number of rotatable bonds is 7. The van der Waals surface area contributed by atoms with Gasteiger partial charge in [0, 0.05) is 47.9 Å². The number of benzene rings is 2. The van der Waals surface area contributed by atoms with Gasteiger partial charge in [-0.3, -0.25) is 9.69 Å². The number of anilines is 2. The van der Waals surface area contributed by atoms with Crippen LogP contribution in [-0.2, 0) is 11.2 Å². The Bertz CT molecular complexity index is 1030. The zero-order valence-electron chi connectivity index (χ0n) is 16.1. The number of hydrogen-bond acceptors (Lipinski definition) is 5. The molecule has 1 fully saturated rings. The van der Waals surface area contributed by atoms with E-state index in [1.165, 1.54) is 0 Å². The van der Waals surface area contributed by atoms with Crippen molar-refractivity contribution in [1.82, 2.24) is 15.5 Å². The lowest BCUT2D eigenvalue weighted by Gasteiger charge is -2.14. The molecule has 3 amide bonds. The normalized spacial score (nSPS) is 13.4. The first kappa shape index (κ1) is 19.9. The second-order valence-corrected chi connectivity index (χ2v) is 7.29. The lowest BCUT2D eigenvalue weighted by molar-refractivity contribution is -0.116. The van der Waals surface area contributed by atoms with Gasteiger partial charge in [0.2, 0.25) is 17.6 Å². The van der Waals surface area contributed by atoms with Crippen LogP contribution in [0.1, 0.15) is 18.7 Å². The molecule has 2 N–H and O–H groups in total. The van der Waals surface area contributed by atoms with Gasteiger partial charge >= 0.3 is 6.03 Å². The van der Waals surface area contributed by atoms with Crippen LogP contribution >= 0.6 is 11.6 Å². The maximum Gasteiger partial charge on any atom is 0.321 e. The number of carbonyl (C=O) groups excluding carboxylic acids is 2. The fraction of sp³-hybridized carbons (Fsp3) is 0.238. The highest BCUT2D eigenvalue weighted by molar-refractivity contribution is 6.30. The average molecular weight is 426 g/mol. The van der Waals surface area contributed by atoms with Gasteiger partial charge in [-0.05, 0) is 55.0 Å². The largest absolute Gasteiger partial charge is 0.339 e. The second-order valence-electron chi connectivity index (χ2n) is 6.85. The van der Waals surface area contributed by atoms with Crippen molar-refractivity contribution in [1.29, 1.82) is 0 Å². The summed E-state index contributed by atoms with van der Waals surface area (Å²) in [4.78, 5) is 29.9. The standard InChI is InChI=1S/C21H20ClN5O3/c22-15-6-4-14(5-7-15)20-25-19(30-26-20)3-1-2-18(28)24-16-8-10-17(11-9-16)27-13-12-23-21(27)29/h4-11H,1-3,12-13H2,(H,23,29)(H,24,28). The number of aryl methyl sites for hydroxylation is 1. The van der Waals surface area contributed by atoms with Crippen molar-refractivity contribution < 1.29 is 14.1 Å². The minimum absolute atomic E-state index is 0.0981. The van der Waals surface area contributed by atoms with Crippen molar-refractivity contribution in [2.45, 2.75) is 19.3 Å². The van der Waals surface area contributed by atoms with E-state index in [4.69, 9.17) is 16.1 Å². The first-order valence-electron chi connectivity index (χ1n) is 9.62. The first-order chi connectivity index (χ1) is 14.6. The minimum Gasteiger partial charge on any atom is -0.339 e. The predicted octanol–water partition coefficient (Wildman–Crippen LogP) is 3.88. The second kappa shape index (κ2) is 8.96. The molecule has 1 aliphatic heterocycles. The minimum atomic E-state index is -0.105. The van der Waals surface area contributed by atoms with E-state index >= 15 is 0 Å². The van der Waals surface area contributed by atoms with Crippen molar-refractivity contribution in [3.05, 3.63) is 59.4 Å². The molecular formula is C21H20ClN5O3. The van der Waals surface area contributed by atoms with Crippen LogP contribution in [0.5, 0.6) is 0 Å². The highest BCUT2D eigenvalue weighted by Crippen LogP contribution is 2.21. The van der Waals surface area contributed by atoms with Crippen LogP contribution in [0, 0.1) is 0 Å². The molecule has 1 aromatic heterocycles. The molecule has 0 unspecified atom stereocenters. The molecule has 2 heterocycles. The van der Waals surface area contributed by atoms with Gasteiger partial charge in [-0.15, -0.1) is 0 Å². The molecule has 0 atom stereocenters. The maximum atomic E-state index is 12.2. The number of hydrogen-bond donors (Lipinski definition) is 2. The maximum absolute atomic E-state index is 12.2. The Morgan fingerprint density at radius 3 is 2.63 bits per heavy atom. The number of carbonyl (C=O) groups is 2. The van der Waals surface area contributed by atoms with Crippen molar-refractivity contribution >= 4 is 34.9 Å². The van der Waals surface area contributed by atoms with E-state index in [1.807, 2.05) is 24.3 Å². The summed E-state index contributed by atoms with van der Waals surface area (Å²) in [7, 11) is 0. The van der Waals surface area contributed by atoms with Crippen LogP contribution in [0.25, 0.3) is 11.4 Å². The number of halogens is 1. The summed E-state index contributed by atoms with van der Waals surface area (Å²) in [6, 6.07) is 14.3. The zero-order valence-corrected chi connectivity index (χ0v) is 16.9. The van der Waals surface area contributed by atoms with Crippen molar-refractivity contribution in [2.24, 2.45) is 0 Å². The van der Waals surface area contributed by atoms with Gasteiger partial charge in [-0.1, -0.05) is 16.8 Å². The van der Waals surface area contributed by atoms with E-state index in [9.17, 15) is 9.59 Å². The number of nitrogens with one attached hydrogen (secondary N) is 2. The van der Waals surface area contributed by atoms with E-state index < -0.39 is 0 Å². The molecule has 154 valence electrons. The summed E-state index contributed by atoms with van der Waals surface area (Å²) in [6.07, 6.45) is 1.42. The van der Waals surface area contributed by atoms with E-state index in [0.29, 0.717) is 54.8 Å². The Balaban J connectivity index is 1.24. The average Bonchev–Trinajstić information content (AvgIpc) is 3.38. The molecule has 0 saturated carbocycles. The highest BCUT2D eigenvalue weighted by atomic mass is 35.5. The van der Waals surface area contributed by atoms with Crippen LogP contribution in [0.2, 0.25) is 5.02 Å². The van der Waals surface area contributed by atoms with Gasteiger partial charge in [0.05, 0.1) is 0 Å². The molecule has 2 aromatic carbocycles.